The van der Waals surface area contributed by atoms with Crippen molar-refractivity contribution in [2.45, 2.75) is 102 Å². The Morgan fingerprint density at radius 3 is 2.47 bits per heavy atom. The van der Waals surface area contributed by atoms with Crippen molar-refractivity contribution in [2.75, 3.05) is 46.5 Å². The smallest absolute Gasteiger partial charge is 0.228 e. The van der Waals surface area contributed by atoms with E-state index in [1.54, 1.807) is 7.11 Å². The van der Waals surface area contributed by atoms with Crippen molar-refractivity contribution in [3.8, 4) is 6.07 Å². The Balaban J connectivity index is 1.47. The predicted molar refractivity (Wildman–Crippen MR) is 137 cm³/mol. The van der Waals surface area contributed by atoms with Gasteiger partial charge >= 0.3 is 0 Å². The zero-order valence-electron chi connectivity index (χ0n) is 22.4. The Morgan fingerprint density at radius 1 is 1.11 bits per heavy atom. The van der Waals surface area contributed by atoms with Crippen LogP contribution >= 0.6 is 0 Å². The number of nitriles is 1. The highest BCUT2D eigenvalue weighted by Gasteiger charge is 2.49. The number of nitrogens with one attached hydrogen (secondary N) is 1. The van der Waals surface area contributed by atoms with E-state index in [0.29, 0.717) is 45.3 Å². The number of amides is 2. The fourth-order valence-corrected chi connectivity index (χ4v) is 6.99. The molecule has 8 nitrogen and oxygen atoms in total. The second-order valence-corrected chi connectivity index (χ2v) is 11.9. The van der Waals surface area contributed by atoms with Gasteiger partial charge in [-0.15, -0.1) is 0 Å². The van der Waals surface area contributed by atoms with E-state index in [1.165, 1.54) is 38.5 Å². The molecule has 2 aliphatic carbocycles. The molecule has 0 spiro atoms. The van der Waals surface area contributed by atoms with Gasteiger partial charge in [-0.05, 0) is 44.9 Å². The lowest BCUT2D eigenvalue weighted by Gasteiger charge is -2.42. The molecule has 1 N–H and O–H groups in total. The van der Waals surface area contributed by atoms with Crippen LogP contribution < -0.4 is 5.32 Å². The first kappa shape index (κ1) is 27.3. The van der Waals surface area contributed by atoms with E-state index >= 15 is 0 Å². The second-order valence-electron chi connectivity index (χ2n) is 11.9. The summed E-state index contributed by atoms with van der Waals surface area (Å²) in [7, 11) is 1.64. The molecule has 4 rings (SSSR count). The molecule has 4 fully saturated rings. The number of rotatable bonds is 8. The number of hydrogen-bond acceptors (Lipinski definition) is 6. The third-order valence-corrected chi connectivity index (χ3v) is 9.34. The average Bonchev–Trinajstić information content (AvgIpc) is 3.34. The zero-order chi connectivity index (χ0) is 25.6. The summed E-state index contributed by atoms with van der Waals surface area (Å²) in [6.07, 6.45) is 12.2. The van der Waals surface area contributed by atoms with Crippen molar-refractivity contribution in [2.24, 2.45) is 11.3 Å². The summed E-state index contributed by atoms with van der Waals surface area (Å²) in [4.78, 5) is 31.8. The molecular formula is C28H46N4O4. The van der Waals surface area contributed by atoms with Crippen molar-refractivity contribution < 1.29 is 19.1 Å². The Kier molecular flexibility index (Phi) is 9.29. The summed E-state index contributed by atoms with van der Waals surface area (Å²) >= 11 is 0. The van der Waals surface area contributed by atoms with Crippen LogP contribution in [0, 0.1) is 22.7 Å². The zero-order valence-corrected chi connectivity index (χ0v) is 22.4. The molecule has 36 heavy (non-hydrogen) atoms. The molecule has 0 radical (unpaired) electrons. The highest BCUT2D eigenvalue weighted by Crippen LogP contribution is 2.42. The van der Waals surface area contributed by atoms with E-state index in [0.717, 1.165) is 32.2 Å². The van der Waals surface area contributed by atoms with Gasteiger partial charge in [-0.1, -0.05) is 38.5 Å². The monoisotopic (exact) mass is 502 g/mol. The Morgan fingerprint density at radius 2 is 1.81 bits per heavy atom. The third kappa shape index (κ3) is 6.23. The lowest BCUT2D eigenvalue weighted by atomic mass is 9.67. The van der Waals surface area contributed by atoms with Gasteiger partial charge in [0.05, 0.1) is 30.8 Å². The maximum absolute atomic E-state index is 14.1. The number of nitrogens with zero attached hydrogens (tertiary/aromatic N) is 3. The Bertz CT molecular complexity index is 802. The SMILES string of the molecule is COCC1CN(C(=O)CC(C)(C(=O)NC2(C#N)CCN(C3CCCCC3)C2)C2CCCCC2)CCO1. The molecule has 2 saturated heterocycles. The normalized spacial score (nSPS) is 30.5. The van der Waals surface area contributed by atoms with Gasteiger partial charge in [-0.25, -0.2) is 0 Å². The third-order valence-electron chi connectivity index (χ3n) is 9.34. The first-order chi connectivity index (χ1) is 17.4. The van der Waals surface area contributed by atoms with E-state index in [-0.39, 0.29) is 30.3 Å². The molecule has 3 unspecified atom stereocenters. The van der Waals surface area contributed by atoms with E-state index in [9.17, 15) is 14.9 Å². The standard InChI is InChI=1S/C28H46N4O4/c1-27(22-9-5-3-6-10-22,17-25(33)31-15-16-36-24(18-31)19-35-2)26(34)30-28(20-29)13-14-32(21-28)23-11-7-4-8-12-23/h22-24H,3-19,21H2,1-2H3,(H,30,34). The van der Waals surface area contributed by atoms with Crippen LogP contribution in [0.5, 0.6) is 0 Å². The fourth-order valence-electron chi connectivity index (χ4n) is 6.99. The van der Waals surface area contributed by atoms with Gasteiger partial charge in [0.2, 0.25) is 11.8 Å². The van der Waals surface area contributed by atoms with Gasteiger partial charge in [-0.3, -0.25) is 14.5 Å². The maximum Gasteiger partial charge on any atom is 0.228 e. The summed E-state index contributed by atoms with van der Waals surface area (Å²) in [6, 6.07) is 3.02. The predicted octanol–water partition coefficient (Wildman–Crippen LogP) is 3.25. The molecule has 2 aliphatic heterocycles. The van der Waals surface area contributed by atoms with Crippen LogP contribution in [0.3, 0.4) is 0 Å². The fraction of sp³-hybridized carbons (Fsp3) is 0.893. The largest absolute Gasteiger partial charge is 0.382 e. The molecule has 202 valence electrons. The van der Waals surface area contributed by atoms with E-state index in [4.69, 9.17) is 9.47 Å². The number of morpholine rings is 1. The molecule has 0 aromatic rings. The van der Waals surface area contributed by atoms with Crippen LogP contribution in [-0.4, -0.2) is 85.8 Å². The average molecular weight is 503 g/mol. The van der Waals surface area contributed by atoms with Crippen molar-refractivity contribution in [3.05, 3.63) is 0 Å². The van der Waals surface area contributed by atoms with Crippen LogP contribution in [0.15, 0.2) is 0 Å². The Labute approximate surface area is 217 Å². The number of likely N-dealkylation sites (tertiary alicyclic amines) is 1. The quantitative estimate of drug-likeness (QED) is 0.548. The molecule has 0 aromatic heterocycles. The number of carbonyl (C=O) groups excluding carboxylic acids is 2. The van der Waals surface area contributed by atoms with Gasteiger partial charge in [0.15, 0.2) is 0 Å². The van der Waals surface area contributed by atoms with Gasteiger partial charge in [0.1, 0.15) is 5.54 Å². The minimum Gasteiger partial charge on any atom is -0.382 e. The molecule has 0 aromatic carbocycles. The van der Waals surface area contributed by atoms with Gasteiger partial charge in [0, 0.05) is 45.8 Å². The van der Waals surface area contributed by atoms with Crippen LogP contribution in [0.2, 0.25) is 0 Å². The first-order valence-corrected chi connectivity index (χ1v) is 14.3. The number of methoxy groups -OCH3 is 1. The number of carbonyl (C=O) groups is 2. The molecule has 8 heteroatoms. The topological polar surface area (TPSA) is 94.9 Å². The lowest BCUT2D eigenvalue weighted by molar-refractivity contribution is -0.150. The minimum atomic E-state index is -0.865. The molecule has 2 heterocycles. The van der Waals surface area contributed by atoms with E-state index in [1.807, 2.05) is 11.8 Å². The van der Waals surface area contributed by atoms with Crippen LogP contribution in [0.1, 0.15) is 84.0 Å². The van der Waals surface area contributed by atoms with Gasteiger partial charge < -0.3 is 19.7 Å². The van der Waals surface area contributed by atoms with Crippen molar-refractivity contribution in [3.63, 3.8) is 0 Å². The summed E-state index contributed by atoms with van der Waals surface area (Å²) < 4.78 is 11.0. The summed E-state index contributed by atoms with van der Waals surface area (Å²) in [5, 5.41) is 13.5. The summed E-state index contributed by atoms with van der Waals surface area (Å²) in [5.74, 6) is 0.0398. The first-order valence-electron chi connectivity index (χ1n) is 14.3. The molecule has 0 bridgehead atoms. The van der Waals surface area contributed by atoms with Gasteiger partial charge in [0.25, 0.3) is 0 Å². The lowest BCUT2D eigenvalue weighted by Crippen LogP contribution is -2.57. The molecular weight excluding hydrogens is 456 g/mol. The second kappa shape index (κ2) is 12.2. The van der Waals surface area contributed by atoms with Gasteiger partial charge in [-0.2, -0.15) is 5.26 Å². The van der Waals surface area contributed by atoms with Crippen LogP contribution in [0.25, 0.3) is 0 Å². The molecule has 4 aliphatic rings. The highest BCUT2D eigenvalue weighted by molar-refractivity contribution is 5.89. The minimum absolute atomic E-state index is 0.00360. The number of ether oxygens (including phenoxy) is 2. The summed E-state index contributed by atoms with van der Waals surface area (Å²) in [5.41, 5.74) is -1.69. The Hall–Kier alpha value is -1.69. The number of hydrogen-bond donors (Lipinski definition) is 1. The van der Waals surface area contributed by atoms with Crippen molar-refractivity contribution in [1.29, 1.82) is 5.26 Å². The summed E-state index contributed by atoms with van der Waals surface area (Å²) in [6.45, 7) is 5.39. The van der Waals surface area contributed by atoms with E-state index < -0.39 is 11.0 Å². The van der Waals surface area contributed by atoms with Crippen molar-refractivity contribution in [1.82, 2.24) is 15.1 Å². The highest BCUT2D eigenvalue weighted by atomic mass is 16.5. The molecule has 2 amide bonds. The van der Waals surface area contributed by atoms with Crippen LogP contribution in [0.4, 0.5) is 0 Å². The molecule has 2 saturated carbocycles. The van der Waals surface area contributed by atoms with E-state index in [2.05, 4.69) is 16.3 Å². The maximum atomic E-state index is 14.1. The molecule has 3 atom stereocenters. The van der Waals surface area contributed by atoms with Crippen molar-refractivity contribution >= 4 is 11.8 Å². The van der Waals surface area contributed by atoms with Crippen LogP contribution in [-0.2, 0) is 19.1 Å².